The van der Waals surface area contributed by atoms with E-state index >= 15 is 0 Å². The van der Waals surface area contributed by atoms with Gasteiger partial charge in [0.1, 0.15) is 0 Å². The number of ether oxygens (including phenoxy) is 1. The van der Waals surface area contributed by atoms with Crippen LogP contribution in [-0.2, 0) is 9.16 Å². The van der Waals surface area contributed by atoms with Crippen LogP contribution in [-0.4, -0.2) is 37.7 Å². The zero-order chi connectivity index (χ0) is 16.5. The van der Waals surface area contributed by atoms with Gasteiger partial charge in [0.25, 0.3) is 0 Å². The Bertz CT molecular complexity index is 426. The van der Waals surface area contributed by atoms with Crippen molar-refractivity contribution >= 4 is 20.2 Å². The zero-order valence-electron chi connectivity index (χ0n) is 13.5. The third kappa shape index (κ3) is 3.88. The summed E-state index contributed by atoms with van der Waals surface area (Å²) in [5, 5.41) is 11.9. The van der Waals surface area contributed by atoms with Gasteiger partial charge < -0.3 is 25.8 Å². The van der Waals surface area contributed by atoms with E-state index in [2.05, 4.69) is 39.0 Å². The number of carbonyl (C=O) groups is 1. The lowest BCUT2D eigenvalue weighted by molar-refractivity contribution is -0.0419. The van der Waals surface area contributed by atoms with Crippen molar-refractivity contribution in [2.24, 2.45) is 22.5 Å². The summed E-state index contributed by atoms with van der Waals surface area (Å²) >= 11 is 0. The molecule has 0 aromatic carbocycles. The van der Waals surface area contributed by atoms with Crippen molar-refractivity contribution in [1.29, 1.82) is 0 Å². The first-order valence-corrected chi connectivity index (χ1v) is 9.95. The Morgan fingerprint density at radius 2 is 1.90 bits per heavy atom. The molecule has 8 heteroatoms. The summed E-state index contributed by atoms with van der Waals surface area (Å²) in [6, 6.07) is 0. The van der Waals surface area contributed by atoms with Crippen LogP contribution < -0.4 is 11.5 Å². The van der Waals surface area contributed by atoms with Crippen LogP contribution in [0.1, 0.15) is 33.6 Å². The van der Waals surface area contributed by atoms with E-state index in [1.165, 1.54) is 0 Å². The molecule has 1 aliphatic rings. The van der Waals surface area contributed by atoms with E-state index in [9.17, 15) is 4.79 Å². The van der Waals surface area contributed by atoms with Gasteiger partial charge in [0, 0.05) is 6.61 Å². The van der Waals surface area contributed by atoms with Crippen LogP contribution in [0.15, 0.2) is 5.16 Å². The van der Waals surface area contributed by atoms with Crippen molar-refractivity contribution in [2.45, 2.75) is 57.3 Å². The Morgan fingerprint density at radius 1 is 1.38 bits per heavy atom. The Balaban J connectivity index is 2.60. The highest BCUT2D eigenvalue weighted by atomic mass is 28.4. The molecule has 0 atom stereocenters. The van der Waals surface area contributed by atoms with Crippen LogP contribution >= 0.6 is 0 Å². The lowest BCUT2D eigenvalue weighted by atomic mass is 9.70. The van der Waals surface area contributed by atoms with E-state index in [1.54, 1.807) is 0 Å². The molecule has 0 bridgehead atoms. The molecular weight excluding hydrogens is 290 g/mol. The molecule has 0 spiro atoms. The molecule has 1 amide bonds. The minimum Gasteiger partial charge on any atom is -0.435 e. The van der Waals surface area contributed by atoms with E-state index < -0.39 is 20.0 Å². The number of oxime groups is 1. The molecule has 0 aromatic rings. The van der Waals surface area contributed by atoms with Gasteiger partial charge in [-0.3, -0.25) is 0 Å². The van der Waals surface area contributed by atoms with Gasteiger partial charge in [0.05, 0.1) is 0 Å². The lowest BCUT2D eigenvalue weighted by Crippen LogP contribution is -2.59. The predicted molar refractivity (Wildman–Crippen MR) is 82.7 cm³/mol. The Kier molecular flexibility index (Phi) is 4.94. The van der Waals surface area contributed by atoms with Crippen LogP contribution in [0.4, 0.5) is 4.79 Å². The molecule has 7 nitrogen and oxygen atoms in total. The van der Waals surface area contributed by atoms with Crippen molar-refractivity contribution in [3.05, 3.63) is 0 Å². The second kappa shape index (κ2) is 5.84. The maximum Gasteiger partial charge on any atom is 0.405 e. The second-order valence-electron chi connectivity index (χ2n) is 7.25. The number of hydrogen-bond acceptors (Lipinski definition) is 5. The van der Waals surface area contributed by atoms with E-state index in [0.29, 0.717) is 19.4 Å². The highest BCUT2D eigenvalue weighted by Crippen LogP contribution is 2.43. The van der Waals surface area contributed by atoms with Crippen LogP contribution in [0.3, 0.4) is 0 Å². The average Bonchev–Trinajstić information content (AvgIpc) is 2.28. The number of nitrogens with zero attached hydrogens (tertiary/aromatic N) is 1. The maximum atomic E-state index is 11.0. The number of amidine groups is 1. The molecule has 0 aliphatic heterocycles. The highest BCUT2D eigenvalue weighted by molar-refractivity contribution is 6.74. The van der Waals surface area contributed by atoms with Gasteiger partial charge in [0.2, 0.25) is 0 Å². The topological polar surface area (TPSA) is 120 Å². The lowest BCUT2D eigenvalue weighted by Gasteiger charge is -2.46. The number of amides is 1. The number of primary amides is 1. The highest BCUT2D eigenvalue weighted by Gasteiger charge is 2.52. The quantitative estimate of drug-likeness (QED) is 0.235. The molecule has 0 saturated heterocycles. The number of hydrogen-bond donors (Lipinski definition) is 3. The van der Waals surface area contributed by atoms with E-state index in [-0.39, 0.29) is 16.8 Å². The monoisotopic (exact) mass is 317 g/mol. The van der Waals surface area contributed by atoms with Crippen molar-refractivity contribution < 1.29 is 19.2 Å². The summed E-state index contributed by atoms with van der Waals surface area (Å²) in [5.41, 5.74) is 9.58. The predicted octanol–water partition coefficient (Wildman–Crippen LogP) is 2.00. The Labute approximate surface area is 126 Å². The summed E-state index contributed by atoms with van der Waals surface area (Å²) in [6.45, 7) is 11.5. The number of nitrogens with two attached hydrogens (primary N) is 2. The maximum absolute atomic E-state index is 11.0. The third-order valence-corrected chi connectivity index (χ3v) is 9.09. The Morgan fingerprint density at radius 3 is 2.29 bits per heavy atom. The number of carbonyl (C=O) groups excluding carboxylic acids is 1. The van der Waals surface area contributed by atoms with Crippen LogP contribution in [0.25, 0.3) is 0 Å². The fourth-order valence-electron chi connectivity index (χ4n) is 2.16. The van der Waals surface area contributed by atoms with Gasteiger partial charge in [-0.15, -0.1) is 0 Å². The Hall–Kier alpha value is -1.28. The van der Waals surface area contributed by atoms with Crippen molar-refractivity contribution in [3.63, 3.8) is 0 Å². The van der Waals surface area contributed by atoms with Crippen LogP contribution in [0.5, 0.6) is 0 Å². The minimum atomic E-state index is -1.81. The molecular formula is C13H27N3O4Si. The standard InChI is InChI=1S/C13H27N3O4Si/c1-12(2,3)21(4,5)19-8-9-6-13(7-9,10(14)16-18)20-11(15)17/h9,18H,6-8H2,1-5H3,(H2,14,16)(H2,15,17). The van der Waals surface area contributed by atoms with Crippen molar-refractivity contribution in [1.82, 2.24) is 0 Å². The first kappa shape index (κ1) is 17.8. The van der Waals surface area contributed by atoms with Crippen LogP contribution in [0.2, 0.25) is 18.1 Å². The second-order valence-corrected chi connectivity index (χ2v) is 12.1. The van der Waals surface area contributed by atoms with Gasteiger partial charge in [-0.05, 0) is 36.9 Å². The van der Waals surface area contributed by atoms with Gasteiger partial charge >= 0.3 is 6.09 Å². The van der Waals surface area contributed by atoms with Gasteiger partial charge in [-0.1, -0.05) is 25.9 Å². The van der Waals surface area contributed by atoms with E-state index in [1.807, 2.05) is 0 Å². The summed E-state index contributed by atoms with van der Waals surface area (Å²) < 4.78 is 11.2. The molecule has 122 valence electrons. The molecule has 5 N–H and O–H groups in total. The summed E-state index contributed by atoms with van der Waals surface area (Å²) in [5.74, 6) is 0.0867. The summed E-state index contributed by atoms with van der Waals surface area (Å²) in [6.07, 6.45) is -0.00802. The zero-order valence-corrected chi connectivity index (χ0v) is 14.5. The fraction of sp³-hybridized carbons (Fsp3) is 0.846. The average molecular weight is 317 g/mol. The SMILES string of the molecule is CC(C)(C)[Si](C)(C)OCC1CC(OC(N)=O)(C(N)=NO)C1. The van der Waals surface area contributed by atoms with Gasteiger partial charge in [0.15, 0.2) is 19.8 Å². The summed E-state index contributed by atoms with van der Waals surface area (Å²) in [7, 11) is -1.81. The molecule has 21 heavy (non-hydrogen) atoms. The van der Waals surface area contributed by atoms with E-state index in [0.717, 1.165) is 0 Å². The minimum absolute atomic E-state index is 0.120. The molecule has 0 aromatic heterocycles. The van der Waals surface area contributed by atoms with E-state index in [4.69, 9.17) is 25.8 Å². The number of rotatable bonds is 5. The van der Waals surface area contributed by atoms with Gasteiger partial charge in [-0.2, -0.15) is 0 Å². The first-order chi connectivity index (χ1) is 9.43. The smallest absolute Gasteiger partial charge is 0.405 e. The molecule has 0 unspecified atom stereocenters. The van der Waals surface area contributed by atoms with Crippen LogP contribution in [0, 0.1) is 5.92 Å². The van der Waals surface area contributed by atoms with Gasteiger partial charge in [-0.25, -0.2) is 4.79 Å². The van der Waals surface area contributed by atoms with Crippen molar-refractivity contribution in [2.75, 3.05) is 6.61 Å². The molecule has 1 fully saturated rings. The molecule has 0 heterocycles. The summed E-state index contributed by atoms with van der Waals surface area (Å²) in [4.78, 5) is 11.0. The molecule has 0 radical (unpaired) electrons. The molecule has 1 aliphatic carbocycles. The third-order valence-electron chi connectivity index (χ3n) is 4.59. The fourth-order valence-corrected chi connectivity index (χ4v) is 3.25. The molecule has 1 saturated carbocycles. The largest absolute Gasteiger partial charge is 0.435 e. The van der Waals surface area contributed by atoms with Crippen molar-refractivity contribution in [3.8, 4) is 0 Å². The first-order valence-electron chi connectivity index (χ1n) is 7.04. The normalized spacial score (nSPS) is 27.1. The molecule has 1 rings (SSSR count).